The number of likely N-dealkylation sites (tertiary alicyclic amines) is 1. The Morgan fingerprint density at radius 3 is 2.59 bits per heavy atom. The molecule has 1 atom stereocenters. The van der Waals surface area contributed by atoms with Crippen molar-refractivity contribution >= 4 is 23.5 Å². The molecule has 2 rings (SSSR count). The van der Waals surface area contributed by atoms with Gasteiger partial charge in [-0.1, -0.05) is 0 Å². The lowest BCUT2D eigenvalue weighted by molar-refractivity contribution is -0.147. The SMILES string of the molecule is CC(=O)Nc1cc(C(=O)N2CCC(C)(C(=O)O)C2)ccc1F. The Labute approximate surface area is 126 Å². The van der Waals surface area contributed by atoms with E-state index in [9.17, 15) is 23.9 Å². The van der Waals surface area contributed by atoms with Crippen molar-refractivity contribution in [3.05, 3.63) is 29.6 Å². The van der Waals surface area contributed by atoms with Crippen LogP contribution in [0.1, 0.15) is 30.6 Å². The molecule has 1 saturated heterocycles. The number of aliphatic carboxylic acids is 1. The second kappa shape index (κ2) is 5.75. The Bertz CT molecular complexity index is 646. The molecule has 1 aromatic rings. The molecule has 0 aliphatic carbocycles. The van der Waals surface area contributed by atoms with Crippen LogP contribution in [0, 0.1) is 11.2 Å². The first-order valence-electron chi connectivity index (χ1n) is 6.83. The lowest BCUT2D eigenvalue weighted by Crippen LogP contribution is -2.34. The Kier molecular flexibility index (Phi) is 4.16. The van der Waals surface area contributed by atoms with Crippen molar-refractivity contribution in [3.63, 3.8) is 0 Å². The van der Waals surface area contributed by atoms with Gasteiger partial charge in [-0.3, -0.25) is 14.4 Å². The average Bonchev–Trinajstić information content (AvgIpc) is 2.84. The number of halogens is 1. The normalized spacial score (nSPS) is 20.8. The molecule has 0 aromatic heterocycles. The number of anilines is 1. The topological polar surface area (TPSA) is 86.7 Å². The standard InChI is InChI=1S/C15H17FN2O4/c1-9(19)17-12-7-10(3-4-11(12)16)13(20)18-6-5-15(2,8-18)14(21)22/h3-4,7H,5-6,8H2,1-2H3,(H,17,19)(H,21,22). The van der Waals surface area contributed by atoms with Crippen LogP contribution in [0.3, 0.4) is 0 Å². The van der Waals surface area contributed by atoms with Crippen molar-refractivity contribution in [2.75, 3.05) is 18.4 Å². The molecule has 2 amide bonds. The predicted molar refractivity (Wildman–Crippen MR) is 77.0 cm³/mol. The maximum atomic E-state index is 13.6. The largest absolute Gasteiger partial charge is 0.481 e. The van der Waals surface area contributed by atoms with Gasteiger partial charge in [0.25, 0.3) is 5.91 Å². The molecule has 0 saturated carbocycles. The summed E-state index contributed by atoms with van der Waals surface area (Å²) in [6, 6.07) is 3.68. The van der Waals surface area contributed by atoms with Crippen LogP contribution in [-0.2, 0) is 9.59 Å². The first-order valence-corrected chi connectivity index (χ1v) is 6.83. The summed E-state index contributed by atoms with van der Waals surface area (Å²) in [5.41, 5.74) is -0.825. The summed E-state index contributed by atoms with van der Waals surface area (Å²) in [6.07, 6.45) is 0.369. The molecule has 22 heavy (non-hydrogen) atoms. The fourth-order valence-corrected chi connectivity index (χ4v) is 2.44. The van der Waals surface area contributed by atoms with E-state index in [1.165, 1.54) is 24.0 Å². The highest BCUT2D eigenvalue weighted by Gasteiger charge is 2.42. The minimum Gasteiger partial charge on any atom is -0.481 e. The lowest BCUT2D eigenvalue weighted by atomic mass is 9.90. The van der Waals surface area contributed by atoms with Gasteiger partial charge in [-0.2, -0.15) is 0 Å². The van der Waals surface area contributed by atoms with E-state index in [4.69, 9.17) is 0 Å². The van der Waals surface area contributed by atoms with E-state index in [1.807, 2.05) is 0 Å². The summed E-state index contributed by atoms with van der Waals surface area (Å²) >= 11 is 0. The van der Waals surface area contributed by atoms with Gasteiger partial charge in [0.05, 0.1) is 11.1 Å². The van der Waals surface area contributed by atoms with E-state index in [0.717, 1.165) is 6.07 Å². The van der Waals surface area contributed by atoms with Crippen LogP contribution < -0.4 is 5.32 Å². The van der Waals surface area contributed by atoms with Crippen LogP contribution in [0.2, 0.25) is 0 Å². The van der Waals surface area contributed by atoms with E-state index >= 15 is 0 Å². The molecule has 0 radical (unpaired) electrons. The number of nitrogens with zero attached hydrogens (tertiary/aromatic N) is 1. The number of carboxylic acid groups (broad SMARTS) is 1. The number of amides is 2. The minimum absolute atomic E-state index is 0.0708. The van der Waals surface area contributed by atoms with E-state index in [1.54, 1.807) is 6.92 Å². The highest BCUT2D eigenvalue weighted by Crippen LogP contribution is 2.31. The second-order valence-corrected chi connectivity index (χ2v) is 5.72. The number of carboxylic acids is 1. The van der Waals surface area contributed by atoms with E-state index in [-0.39, 0.29) is 23.7 Å². The van der Waals surface area contributed by atoms with Crippen molar-refractivity contribution in [2.24, 2.45) is 5.41 Å². The molecular weight excluding hydrogens is 291 g/mol. The van der Waals surface area contributed by atoms with Gasteiger partial charge >= 0.3 is 5.97 Å². The summed E-state index contributed by atoms with van der Waals surface area (Å²) in [6.45, 7) is 3.27. The zero-order valence-corrected chi connectivity index (χ0v) is 12.4. The van der Waals surface area contributed by atoms with Crippen LogP contribution in [0.5, 0.6) is 0 Å². The van der Waals surface area contributed by atoms with Crippen LogP contribution in [0.15, 0.2) is 18.2 Å². The molecular formula is C15H17FN2O4. The molecule has 1 heterocycles. The molecule has 1 aromatic carbocycles. The van der Waals surface area contributed by atoms with E-state index < -0.39 is 23.1 Å². The summed E-state index contributed by atoms with van der Waals surface area (Å²) in [5.74, 6) is -2.40. The van der Waals surface area contributed by atoms with E-state index in [2.05, 4.69) is 5.32 Å². The Morgan fingerprint density at radius 2 is 2.05 bits per heavy atom. The number of hydrogen-bond donors (Lipinski definition) is 2. The molecule has 7 heteroatoms. The summed E-state index contributed by atoms with van der Waals surface area (Å²) in [5, 5.41) is 11.5. The third-order valence-electron chi connectivity index (χ3n) is 3.80. The molecule has 118 valence electrons. The number of rotatable bonds is 3. The summed E-state index contributed by atoms with van der Waals surface area (Å²) in [4.78, 5) is 36.1. The first kappa shape index (κ1) is 15.9. The van der Waals surface area contributed by atoms with Crippen LogP contribution in [0.4, 0.5) is 10.1 Å². The third kappa shape index (κ3) is 3.08. The van der Waals surface area contributed by atoms with Crippen molar-refractivity contribution < 1.29 is 23.9 Å². The van der Waals surface area contributed by atoms with Gasteiger partial charge in [0.2, 0.25) is 5.91 Å². The van der Waals surface area contributed by atoms with Crippen molar-refractivity contribution in [3.8, 4) is 0 Å². The van der Waals surface area contributed by atoms with Gasteiger partial charge in [-0.25, -0.2) is 4.39 Å². The lowest BCUT2D eigenvalue weighted by Gasteiger charge is -2.20. The van der Waals surface area contributed by atoms with Gasteiger partial charge in [-0.05, 0) is 31.5 Å². The Morgan fingerprint density at radius 1 is 1.36 bits per heavy atom. The zero-order chi connectivity index (χ0) is 16.5. The number of carbonyl (C=O) groups is 3. The summed E-state index contributed by atoms with van der Waals surface area (Å²) < 4.78 is 13.6. The minimum atomic E-state index is -0.962. The third-order valence-corrected chi connectivity index (χ3v) is 3.80. The maximum Gasteiger partial charge on any atom is 0.311 e. The smallest absolute Gasteiger partial charge is 0.311 e. The quantitative estimate of drug-likeness (QED) is 0.890. The van der Waals surface area contributed by atoms with Crippen LogP contribution in [0.25, 0.3) is 0 Å². The fraction of sp³-hybridized carbons (Fsp3) is 0.400. The number of benzene rings is 1. The molecule has 6 nitrogen and oxygen atoms in total. The van der Waals surface area contributed by atoms with Crippen molar-refractivity contribution in [2.45, 2.75) is 20.3 Å². The van der Waals surface area contributed by atoms with Gasteiger partial charge in [-0.15, -0.1) is 0 Å². The molecule has 0 spiro atoms. The zero-order valence-electron chi connectivity index (χ0n) is 12.4. The Hall–Kier alpha value is -2.44. The molecule has 1 aliphatic heterocycles. The van der Waals surface area contributed by atoms with Gasteiger partial charge in [0, 0.05) is 25.6 Å². The highest BCUT2D eigenvalue weighted by molar-refractivity contribution is 5.97. The van der Waals surface area contributed by atoms with Gasteiger partial charge in [0.15, 0.2) is 0 Å². The van der Waals surface area contributed by atoms with Crippen molar-refractivity contribution in [1.82, 2.24) is 4.90 Å². The van der Waals surface area contributed by atoms with Crippen LogP contribution in [-0.4, -0.2) is 40.9 Å². The summed E-state index contributed by atoms with van der Waals surface area (Å²) in [7, 11) is 0. The second-order valence-electron chi connectivity index (χ2n) is 5.72. The molecule has 1 aliphatic rings. The number of carbonyl (C=O) groups excluding carboxylic acids is 2. The van der Waals surface area contributed by atoms with Crippen molar-refractivity contribution in [1.29, 1.82) is 0 Å². The van der Waals surface area contributed by atoms with Gasteiger partial charge < -0.3 is 15.3 Å². The van der Waals surface area contributed by atoms with Crippen LogP contribution >= 0.6 is 0 Å². The Balaban J connectivity index is 2.20. The number of hydrogen-bond acceptors (Lipinski definition) is 3. The fourth-order valence-electron chi connectivity index (χ4n) is 2.44. The number of nitrogens with one attached hydrogen (secondary N) is 1. The predicted octanol–water partition coefficient (Wildman–Crippen LogP) is 1.72. The average molecular weight is 308 g/mol. The first-order chi connectivity index (χ1) is 10.2. The van der Waals surface area contributed by atoms with Gasteiger partial charge in [0.1, 0.15) is 5.82 Å². The van der Waals surface area contributed by atoms with E-state index in [0.29, 0.717) is 13.0 Å². The highest BCUT2D eigenvalue weighted by atomic mass is 19.1. The molecule has 2 N–H and O–H groups in total. The molecule has 0 bridgehead atoms. The molecule has 1 fully saturated rings. The monoisotopic (exact) mass is 308 g/mol. The maximum absolute atomic E-state index is 13.6. The molecule has 1 unspecified atom stereocenters.